The molecule has 3 rings (SSSR count). The van der Waals surface area contributed by atoms with Crippen LogP contribution < -0.4 is 0 Å². The number of nitrogens with zero attached hydrogens (tertiary/aromatic N) is 2. The molecule has 1 heterocycles. The molecule has 0 spiro atoms. The topological polar surface area (TPSA) is 44.1 Å². The lowest BCUT2D eigenvalue weighted by Crippen LogP contribution is -2.06. The Balaban J connectivity index is 1.84. The predicted octanol–water partition coefficient (Wildman–Crippen LogP) is 4.99. The molecule has 0 N–H and O–H groups in total. The Morgan fingerprint density at radius 3 is 2.54 bits per heavy atom. The van der Waals surface area contributed by atoms with Crippen molar-refractivity contribution in [2.45, 2.75) is 45.6 Å². The lowest BCUT2D eigenvalue weighted by atomic mass is 10.1. The highest BCUT2D eigenvalue weighted by molar-refractivity contribution is 5.89. The van der Waals surface area contributed by atoms with Crippen LogP contribution in [0.15, 0.2) is 48.5 Å². The molecule has 0 saturated carbocycles. The largest absolute Gasteiger partial charge is 0.465 e. The molecule has 3 aromatic rings. The molecule has 0 saturated heterocycles. The molecule has 0 fully saturated rings. The van der Waals surface area contributed by atoms with Gasteiger partial charge < -0.3 is 9.30 Å². The molecule has 2 aromatic carbocycles. The highest BCUT2D eigenvalue weighted by atomic mass is 16.5. The summed E-state index contributed by atoms with van der Waals surface area (Å²) in [6.45, 7) is 2.98. The molecule has 0 amide bonds. The number of imidazole rings is 1. The molecule has 0 atom stereocenters. The lowest BCUT2D eigenvalue weighted by Gasteiger charge is -2.10. The monoisotopic (exact) mass is 350 g/mol. The van der Waals surface area contributed by atoms with Crippen molar-refractivity contribution < 1.29 is 9.53 Å². The Kier molecular flexibility index (Phi) is 6.05. The van der Waals surface area contributed by atoms with E-state index >= 15 is 0 Å². The summed E-state index contributed by atoms with van der Waals surface area (Å²) in [5, 5.41) is 0. The molecule has 26 heavy (non-hydrogen) atoms. The highest BCUT2D eigenvalue weighted by Gasteiger charge is 2.11. The lowest BCUT2D eigenvalue weighted by molar-refractivity contribution is 0.0600. The Hall–Kier alpha value is -2.62. The number of aryl methyl sites for hydroxylation is 1. The number of fused-ring (bicyclic) bond motifs is 1. The van der Waals surface area contributed by atoms with Crippen molar-refractivity contribution in [2.24, 2.45) is 0 Å². The van der Waals surface area contributed by atoms with Crippen LogP contribution >= 0.6 is 0 Å². The number of para-hydroxylation sites is 2. The van der Waals surface area contributed by atoms with E-state index in [1.807, 2.05) is 30.3 Å². The van der Waals surface area contributed by atoms with Crippen LogP contribution in [0.1, 0.15) is 54.4 Å². The van der Waals surface area contributed by atoms with Crippen molar-refractivity contribution in [3.05, 3.63) is 65.5 Å². The first-order chi connectivity index (χ1) is 12.7. The minimum Gasteiger partial charge on any atom is -0.465 e. The predicted molar refractivity (Wildman–Crippen MR) is 104 cm³/mol. The van der Waals surface area contributed by atoms with E-state index < -0.39 is 0 Å². The number of hydrogen-bond donors (Lipinski definition) is 0. The maximum Gasteiger partial charge on any atom is 0.337 e. The maximum atomic E-state index is 11.6. The van der Waals surface area contributed by atoms with Gasteiger partial charge in [0.15, 0.2) is 0 Å². The van der Waals surface area contributed by atoms with Gasteiger partial charge in [0.25, 0.3) is 0 Å². The van der Waals surface area contributed by atoms with Gasteiger partial charge in [0.1, 0.15) is 5.82 Å². The summed E-state index contributed by atoms with van der Waals surface area (Å²) in [7, 11) is 1.40. The number of esters is 1. The molecule has 4 nitrogen and oxygen atoms in total. The Bertz CT molecular complexity index is 865. The van der Waals surface area contributed by atoms with E-state index in [9.17, 15) is 4.79 Å². The summed E-state index contributed by atoms with van der Waals surface area (Å²) in [6, 6.07) is 15.9. The van der Waals surface area contributed by atoms with Gasteiger partial charge in [0, 0.05) is 13.0 Å². The van der Waals surface area contributed by atoms with Crippen molar-refractivity contribution in [3.8, 4) is 0 Å². The fraction of sp³-hybridized carbons (Fsp3) is 0.364. The number of benzene rings is 2. The third-order valence-corrected chi connectivity index (χ3v) is 4.70. The number of carbonyl (C=O) groups excluding carboxylic acids is 1. The first kappa shape index (κ1) is 18.2. The van der Waals surface area contributed by atoms with Gasteiger partial charge in [0.2, 0.25) is 0 Å². The molecular formula is C22H26N2O2. The van der Waals surface area contributed by atoms with Gasteiger partial charge in [0.05, 0.1) is 23.7 Å². The van der Waals surface area contributed by atoms with Crippen molar-refractivity contribution >= 4 is 17.0 Å². The van der Waals surface area contributed by atoms with E-state index in [1.54, 1.807) is 0 Å². The van der Waals surface area contributed by atoms with E-state index in [1.165, 1.54) is 32.8 Å². The standard InChI is InChI=1S/C22H26N2O2/c1-3-4-5-6-11-21-23-19-9-7-8-10-20(19)24(21)16-17-12-14-18(15-13-17)22(25)26-2/h7-10,12-15H,3-6,11,16H2,1-2H3. The molecule has 0 aliphatic rings. The van der Waals surface area contributed by atoms with E-state index in [4.69, 9.17) is 9.72 Å². The Morgan fingerprint density at radius 2 is 1.81 bits per heavy atom. The second-order valence-electron chi connectivity index (χ2n) is 6.60. The van der Waals surface area contributed by atoms with Crippen molar-refractivity contribution in [1.29, 1.82) is 0 Å². The summed E-state index contributed by atoms with van der Waals surface area (Å²) in [5.74, 6) is 0.834. The molecule has 1 aromatic heterocycles. The molecule has 0 aliphatic carbocycles. The van der Waals surface area contributed by atoms with Crippen LogP contribution in [-0.2, 0) is 17.7 Å². The van der Waals surface area contributed by atoms with Crippen LogP contribution in [0.2, 0.25) is 0 Å². The zero-order chi connectivity index (χ0) is 18.4. The zero-order valence-corrected chi connectivity index (χ0v) is 15.6. The smallest absolute Gasteiger partial charge is 0.337 e. The number of ether oxygens (including phenoxy) is 1. The van der Waals surface area contributed by atoms with Gasteiger partial charge in [-0.15, -0.1) is 0 Å². The fourth-order valence-corrected chi connectivity index (χ4v) is 3.25. The molecule has 0 bridgehead atoms. The molecule has 0 unspecified atom stereocenters. The van der Waals surface area contributed by atoms with Gasteiger partial charge in [-0.25, -0.2) is 9.78 Å². The average Bonchev–Trinajstić information content (AvgIpc) is 3.03. The van der Waals surface area contributed by atoms with Crippen molar-refractivity contribution in [1.82, 2.24) is 9.55 Å². The second kappa shape index (κ2) is 8.65. The van der Waals surface area contributed by atoms with Crippen LogP contribution in [0.4, 0.5) is 0 Å². The third kappa shape index (κ3) is 4.13. The number of aromatic nitrogens is 2. The molecule has 0 radical (unpaired) electrons. The van der Waals surface area contributed by atoms with Crippen molar-refractivity contribution in [3.63, 3.8) is 0 Å². The summed E-state index contributed by atoms with van der Waals surface area (Å²) >= 11 is 0. The van der Waals surface area contributed by atoms with E-state index in [0.29, 0.717) is 5.56 Å². The van der Waals surface area contributed by atoms with E-state index in [0.717, 1.165) is 35.4 Å². The quantitative estimate of drug-likeness (QED) is 0.424. The van der Waals surface area contributed by atoms with Gasteiger partial charge in [-0.2, -0.15) is 0 Å². The van der Waals surface area contributed by atoms with Gasteiger partial charge >= 0.3 is 5.97 Å². The molecule has 136 valence electrons. The van der Waals surface area contributed by atoms with Gasteiger partial charge in [-0.1, -0.05) is 50.5 Å². The highest BCUT2D eigenvalue weighted by Crippen LogP contribution is 2.20. The van der Waals surface area contributed by atoms with Crippen LogP contribution in [0.3, 0.4) is 0 Å². The number of methoxy groups -OCH3 is 1. The molecule has 4 heteroatoms. The number of carbonyl (C=O) groups is 1. The zero-order valence-electron chi connectivity index (χ0n) is 15.6. The SMILES string of the molecule is CCCCCCc1nc2ccccc2n1Cc1ccc(C(=O)OC)cc1. The van der Waals surface area contributed by atoms with Crippen LogP contribution in [0.25, 0.3) is 11.0 Å². The molecular weight excluding hydrogens is 324 g/mol. The minimum atomic E-state index is -0.304. The average molecular weight is 350 g/mol. The minimum absolute atomic E-state index is 0.304. The summed E-state index contributed by atoms with van der Waals surface area (Å²) in [6.07, 6.45) is 5.92. The van der Waals surface area contributed by atoms with Crippen molar-refractivity contribution in [2.75, 3.05) is 7.11 Å². The maximum absolute atomic E-state index is 11.6. The van der Waals surface area contributed by atoms with Gasteiger partial charge in [-0.05, 0) is 36.2 Å². The number of unbranched alkanes of at least 4 members (excludes halogenated alkanes) is 3. The first-order valence-electron chi connectivity index (χ1n) is 9.34. The Labute approximate surface area is 154 Å². The summed E-state index contributed by atoms with van der Waals surface area (Å²) in [4.78, 5) is 16.5. The summed E-state index contributed by atoms with van der Waals surface area (Å²) < 4.78 is 7.07. The van der Waals surface area contributed by atoms with Crippen LogP contribution in [-0.4, -0.2) is 22.6 Å². The normalized spacial score (nSPS) is 11.0. The number of rotatable bonds is 8. The fourth-order valence-electron chi connectivity index (χ4n) is 3.25. The second-order valence-corrected chi connectivity index (χ2v) is 6.60. The van der Waals surface area contributed by atoms with E-state index in [2.05, 4.69) is 29.7 Å². The summed E-state index contributed by atoms with van der Waals surface area (Å²) in [5.41, 5.74) is 3.93. The first-order valence-corrected chi connectivity index (χ1v) is 9.34. The third-order valence-electron chi connectivity index (χ3n) is 4.70. The Morgan fingerprint density at radius 1 is 1.04 bits per heavy atom. The number of hydrogen-bond acceptors (Lipinski definition) is 3. The van der Waals surface area contributed by atoms with Crippen LogP contribution in [0.5, 0.6) is 0 Å². The molecule has 0 aliphatic heterocycles. The van der Waals surface area contributed by atoms with Gasteiger partial charge in [-0.3, -0.25) is 0 Å². The van der Waals surface area contributed by atoms with Crippen LogP contribution in [0, 0.1) is 0 Å². The van der Waals surface area contributed by atoms with E-state index in [-0.39, 0.29) is 5.97 Å².